The Labute approximate surface area is 70.5 Å². The van der Waals surface area contributed by atoms with E-state index in [-0.39, 0.29) is 12.6 Å². The minimum absolute atomic E-state index is 0.133. The van der Waals surface area contributed by atoms with E-state index in [0.717, 1.165) is 0 Å². The van der Waals surface area contributed by atoms with Crippen molar-refractivity contribution in [2.24, 2.45) is 5.73 Å². The molecule has 1 unspecified atom stereocenters. The predicted molar refractivity (Wildman–Crippen MR) is 41.2 cm³/mol. The van der Waals surface area contributed by atoms with Gasteiger partial charge in [-0.3, -0.25) is 4.90 Å². The van der Waals surface area contributed by atoms with E-state index in [4.69, 9.17) is 10.5 Å². The highest BCUT2D eigenvalue weighted by Crippen LogP contribution is 2.02. The van der Waals surface area contributed by atoms with Crippen molar-refractivity contribution in [2.45, 2.75) is 12.5 Å². The van der Waals surface area contributed by atoms with Crippen molar-refractivity contribution in [3.8, 4) is 0 Å². The third-order valence-corrected chi connectivity index (χ3v) is 1.77. The molecular weight excluding hydrogens is 166 g/mol. The molecule has 1 rings (SSSR count). The van der Waals surface area contributed by atoms with Gasteiger partial charge in [-0.2, -0.15) is 0 Å². The summed E-state index contributed by atoms with van der Waals surface area (Å²) < 4.78 is 29.0. The molecule has 12 heavy (non-hydrogen) atoms. The van der Waals surface area contributed by atoms with Crippen molar-refractivity contribution in [1.82, 2.24) is 4.90 Å². The van der Waals surface area contributed by atoms with Crippen LogP contribution in [-0.2, 0) is 4.74 Å². The number of halogens is 2. The summed E-state index contributed by atoms with van der Waals surface area (Å²) in [7, 11) is 0. The van der Waals surface area contributed by atoms with Gasteiger partial charge >= 0.3 is 0 Å². The molecule has 1 saturated heterocycles. The second kappa shape index (κ2) is 4.69. The number of hydrogen-bond acceptors (Lipinski definition) is 3. The van der Waals surface area contributed by atoms with Crippen molar-refractivity contribution in [1.29, 1.82) is 0 Å². The average molecular weight is 180 g/mol. The Hall–Kier alpha value is -0.260. The zero-order valence-corrected chi connectivity index (χ0v) is 6.88. The fourth-order valence-corrected chi connectivity index (χ4v) is 1.26. The number of hydrogen-bond donors (Lipinski definition) is 1. The Kier molecular flexibility index (Phi) is 3.84. The maximum absolute atomic E-state index is 12.0. The molecular formula is C7H14F2N2O. The summed E-state index contributed by atoms with van der Waals surface area (Å²) in [4.78, 5) is 1.64. The van der Waals surface area contributed by atoms with Gasteiger partial charge in [0.2, 0.25) is 0 Å². The van der Waals surface area contributed by atoms with Gasteiger partial charge in [0.1, 0.15) is 0 Å². The summed E-state index contributed by atoms with van der Waals surface area (Å²) in [5.41, 5.74) is 5.59. The molecule has 0 amide bonds. The summed E-state index contributed by atoms with van der Waals surface area (Å²) in [6, 6.07) is -0.133. The van der Waals surface area contributed by atoms with Gasteiger partial charge in [0.25, 0.3) is 6.43 Å². The molecule has 1 fully saturated rings. The second-order valence-electron chi connectivity index (χ2n) is 2.99. The van der Waals surface area contributed by atoms with Crippen LogP contribution in [0, 0.1) is 0 Å². The average Bonchev–Trinajstić information content (AvgIpc) is 2.12. The van der Waals surface area contributed by atoms with Crippen LogP contribution in [0.15, 0.2) is 0 Å². The fourth-order valence-electron chi connectivity index (χ4n) is 1.26. The molecule has 0 spiro atoms. The van der Waals surface area contributed by atoms with Crippen molar-refractivity contribution in [2.75, 3.05) is 32.8 Å². The first-order valence-corrected chi connectivity index (χ1v) is 4.02. The molecule has 72 valence electrons. The van der Waals surface area contributed by atoms with Gasteiger partial charge < -0.3 is 10.5 Å². The number of alkyl halides is 2. The van der Waals surface area contributed by atoms with Gasteiger partial charge in [-0.25, -0.2) is 8.78 Å². The Balaban J connectivity index is 2.31. The monoisotopic (exact) mass is 180 g/mol. The van der Waals surface area contributed by atoms with Gasteiger partial charge in [-0.05, 0) is 0 Å². The van der Waals surface area contributed by atoms with E-state index in [9.17, 15) is 8.78 Å². The normalized spacial score (nSPS) is 27.5. The zero-order valence-electron chi connectivity index (χ0n) is 6.88. The predicted octanol–water partition coefficient (Wildman–Crippen LogP) is -0.0890. The topological polar surface area (TPSA) is 38.5 Å². The van der Waals surface area contributed by atoms with E-state index in [1.54, 1.807) is 4.90 Å². The molecule has 0 aromatic rings. The van der Waals surface area contributed by atoms with E-state index in [0.29, 0.717) is 26.3 Å². The summed E-state index contributed by atoms with van der Waals surface area (Å²) in [6.45, 7) is 1.83. The van der Waals surface area contributed by atoms with Gasteiger partial charge in [0.15, 0.2) is 0 Å². The van der Waals surface area contributed by atoms with Gasteiger partial charge in [0, 0.05) is 19.1 Å². The fraction of sp³-hybridized carbons (Fsp3) is 1.00. The van der Waals surface area contributed by atoms with E-state index >= 15 is 0 Å². The van der Waals surface area contributed by atoms with Crippen LogP contribution in [0.25, 0.3) is 0 Å². The standard InChI is InChI=1S/C7H14F2N2O/c8-7(9)4-11-1-2-12-5-6(10)3-11/h6-7H,1-5,10H2. The van der Waals surface area contributed by atoms with Gasteiger partial charge in [-0.1, -0.05) is 0 Å². The molecule has 0 aliphatic carbocycles. The highest BCUT2D eigenvalue weighted by atomic mass is 19.3. The van der Waals surface area contributed by atoms with Crippen LogP contribution < -0.4 is 5.73 Å². The first-order chi connectivity index (χ1) is 5.68. The molecule has 0 aromatic heterocycles. The summed E-state index contributed by atoms with van der Waals surface area (Å²) in [5.74, 6) is 0. The molecule has 1 heterocycles. The zero-order chi connectivity index (χ0) is 8.97. The number of nitrogens with zero attached hydrogens (tertiary/aromatic N) is 1. The summed E-state index contributed by atoms with van der Waals surface area (Å²) in [5, 5.41) is 0. The van der Waals surface area contributed by atoms with Gasteiger partial charge in [0.05, 0.1) is 19.8 Å². The summed E-state index contributed by atoms with van der Waals surface area (Å²) >= 11 is 0. The molecule has 0 bridgehead atoms. The molecule has 0 saturated carbocycles. The molecule has 0 aromatic carbocycles. The molecule has 3 nitrogen and oxygen atoms in total. The summed E-state index contributed by atoms with van der Waals surface area (Å²) in [6.07, 6.45) is -2.28. The molecule has 1 atom stereocenters. The lowest BCUT2D eigenvalue weighted by molar-refractivity contribution is 0.0832. The molecule has 1 aliphatic rings. The van der Waals surface area contributed by atoms with Crippen LogP contribution in [0.3, 0.4) is 0 Å². The molecule has 1 aliphatic heterocycles. The van der Waals surface area contributed by atoms with Crippen molar-refractivity contribution in [3.63, 3.8) is 0 Å². The van der Waals surface area contributed by atoms with Crippen LogP contribution in [0.5, 0.6) is 0 Å². The van der Waals surface area contributed by atoms with Crippen LogP contribution in [0.1, 0.15) is 0 Å². The van der Waals surface area contributed by atoms with Crippen LogP contribution in [-0.4, -0.2) is 50.2 Å². The van der Waals surface area contributed by atoms with E-state index < -0.39 is 6.43 Å². The largest absolute Gasteiger partial charge is 0.378 e. The second-order valence-corrected chi connectivity index (χ2v) is 2.99. The minimum atomic E-state index is -2.28. The van der Waals surface area contributed by atoms with Gasteiger partial charge in [-0.15, -0.1) is 0 Å². The van der Waals surface area contributed by atoms with E-state index in [1.807, 2.05) is 0 Å². The van der Waals surface area contributed by atoms with E-state index in [2.05, 4.69) is 0 Å². The lowest BCUT2D eigenvalue weighted by Gasteiger charge is -2.20. The lowest BCUT2D eigenvalue weighted by Crippen LogP contribution is -2.40. The van der Waals surface area contributed by atoms with Crippen LogP contribution >= 0.6 is 0 Å². The minimum Gasteiger partial charge on any atom is -0.378 e. The highest BCUT2D eigenvalue weighted by Gasteiger charge is 2.17. The third kappa shape index (κ3) is 3.42. The number of nitrogens with two attached hydrogens (primary N) is 1. The lowest BCUT2D eigenvalue weighted by atomic mass is 10.3. The molecule has 5 heteroatoms. The Morgan fingerprint density at radius 2 is 2.33 bits per heavy atom. The van der Waals surface area contributed by atoms with E-state index in [1.165, 1.54) is 0 Å². The molecule has 2 N–H and O–H groups in total. The van der Waals surface area contributed by atoms with Crippen LogP contribution in [0.2, 0.25) is 0 Å². The Morgan fingerprint density at radius 3 is 3.00 bits per heavy atom. The number of rotatable bonds is 2. The number of ether oxygens (including phenoxy) is 1. The quantitative estimate of drug-likeness (QED) is 0.645. The first-order valence-electron chi connectivity index (χ1n) is 4.02. The van der Waals surface area contributed by atoms with Crippen LogP contribution in [0.4, 0.5) is 8.78 Å². The molecule has 0 radical (unpaired) electrons. The SMILES string of the molecule is NC1COCCN(CC(F)F)C1. The Morgan fingerprint density at radius 1 is 1.58 bits per heavy atom. The first kappa shape index (κ1) is 9.83. The Bertz CT molecular complexity index is 135. The van der Waals surface area contributed by atoms with Crippen molar-refractivity contribution < 1.29 is 13.5 Å². The maximum Gasteiger partial charge on any atom is 0.251 e. The smallest absolute Gasteiger partial charge is 0.251 e. The highest BCUT2D eigenvalue weighted by molar-refractivity contribution is 4.71. The van der Waals surface area contributed by atoms with Crippen molar-refractivity contribution in [3.05, 3.63) is 0 Å². The van der Waals surface area contributed by atoms with Crippen molar-refractivity contribution >= 4 is 0 Å². The maximum atomic E-state index is 12.0. The third-order valence-electron chi connectivity index (χ3n) is 1.77.